The first-order valence-electron chi connectivity index (χ1n) is 5.86. The van der Waals surface area contributed by atoms with Crippen molar-refractivity contribution in [2.75, 3.05) is 7.11 Å². The van der Waals surface area contributed by atoms with Crippen molar-refractivity contribution < 1.29 is 4.84 Å². The molecule has 1 aliphatic rings. The Morgan fingerprint density at radius 3 is 2.57 bits per heavy atom. The normalized spacial score (nSPS) is 24.5. The van der Waals surface area contributed by atoms with Crippen molar-refractivity contribution in [3.63, 3.8) is 0 Å². The molecule has 1 rings (SSSR count). The summed E-state index contributed by atoms with van der Waals surface area (Å²) in [7, 11) is 1.64. The topological polar surface area (TPSA) is 21.6 Å². The molecule has 0 aromatic heterocycles. The highest BCUT2D eigenvalue weighted by molar-refractivity contribution is 5.84. The number of nitrogens with zero attached hydrogens (tertiary/aromatic N) is 1. The third-order valence-corrected chi connectivity index (χ3v) is 3.38. The molecule has 1 saturated carbocycles. The van der Waals surface area contributed by atoms with Gasteiger partial charge in [-0.15, -0.1) is 0 Å². The highest BCUT2D eigenvalue weighted by Crippen LogP contribution is 2.31. The summed E-state index contributed by atoms with van der Waals surface area (Å²) in [4.78, 5) is 4.81. The number of hydrogen-bond donors (Lipinski definition) is 0. The first-order chi connectivity index (χ1) is 6.77. The molecule has 1 atom stereocenters. The van der Waals surface area contributed by atoms with Crippen LogP contribution in [0.2, 0.25) is 0 Å². The van der Waals surface area contributed by atoms with Gasteiger partial charge >= 0.3 is 0 Å². The van der Waals surface area contributed by atoms with E-state index in [1.807, 2.05) is 0 Å². The maximum Gasteiger partial charge on any atom is 0.106 e. The van der Waals surface area contributed by atoms with Gasteiger partial charge in [-0.3, -0.25) is 0 Å². The van der Waals surface area contributed by atoms with Crippen molar-refractivity contribution in [1.29, 1.82) is 0 Å². The quantitative estimate of drug-likeness (QED) is 0.631. The molecule has 0 aliphatic heterocycles. The van der Waals surface area contributed by atoms with E-state index in [1.165, 1.54) is 31.4 Å². The van der Waals surface area contributed by atoms with E-state index >= 15 is 0 Å². The molecule has 2 nitrogen and oxygen atoms in total. The Balaban J connectivity index is 2.31. The van der Waals surface area contributed by atoms with Crippen LogP contribution in [0.3, 0.4) is 0 Å². The molecule has 0 saturated heterocycles. The van der Waals surface area contributed by atoms with Gasteiger partial charge < -0.3 is 4.84 Å². The summed E-state index contributed by atoms with van der Waals surface area (Å²) >= 11 is 0. The molecular weight excluding hydrogens is 174 g/mol. The monoisotopic (exact) mass is 197 g/mol. The van der Waals surface area contributed by atoms with Crippen molar-refractivity contribution in [1.82, 2.24) is 0 Å². The largest absolute Gasteiger partial charge is 0.399 e. The minimum atomic E-state index is 0.893. The average Bonchev–Trinajstić information content (AvgIpc) is 2.20. The molecular formula is C12H23NO. The molecule has 82 valence electrons. The van der Waals surface area contributed by atoms with Gasteiger partial charge in [0.15, 0.2) is 0 Å². The fraction of sp³-hybridized carbons (Fsp3) is 0.917. The van der Waals surface area contributed by atoms with Gasteiger partial charge in [0.1, 0.15) is 7.11 Å². The summed E-state index contributed by atoms with van der Waals surface area (Å²) in [6, 6.07) is 0. The van der Waals surface area contributed by atoms with Crippen LogP contribution in [-0.4, -0.2) is 12.8 Å². The lowest BCUT2D eigenvalue weighted by atomic mass is 9.78. The summed E-state index contributed by atoms with van der Waals surface area (Å²) < 4.78 is 0. The number of oxime groups is 1. The Labute approximate surface area is 87.7 Å². The predicted molar refractivity (Wildman–Crippen MR) is 60.5 cm³/mol. The molecule has 1 unspecified atom stereocenters. The smallest absolute Gasteiger partial charge is 0.106 e. The fourth-order valence-electron chi connectivity index (χ4n) is 2.45. The average molecular weight is 197 g/mol. The Morgan fingerprint density at radius 2 is 2.07 bits per heavy atom. The van der Waals surface area contributed by atoms with Crippen LogP contribution in [0.15, 0.2) is 5.16 Å². The van der Waals surface area contributed by atoms with Gasteiger partial charge in [-0.2, -0.15) is 0 Å². The molecule has 0 aromatic carbocycles. The summed E-state index contributed by atoms with van der Waals surface area (Å²) in [6.07, 6.45) is 7.60. The minimum absolute atomic E-state index is 0.893. The summed E-state index contributed by atoms with van der Waals surface area (Å²) in [5.74, 6) is 1.81. The van der Waals surface area contributed by atoms with Crippen LogP contribution in [-0.2, 0) is 4.84 Å². The van der Waals surface area contributed by atoms with E-state index in [1.54, 1.807) is 7.11 Å². The summed E-state index contributed by atoms with van der Waals surface area (Å²) in [6.45, 7) is 4.67. The van der Waals surface area contributed by atoms with E-state index in [0.29, 0.717) is 0 Å². The molecule has 1 aliphatic carbocycles. The highest BCUT2D eigenvalue weighted by Gasteiger charge is 2.22. The minimum Gasteiger partial charge on any atom is -0.399 e. The van der Waals surface area contributed by atoms with Crippen LogP contribution >= 0.6 is 0 Å². The Kier molecular flexibility index (Phi) is 4.99. The third-order valence-electron chi connectivity index (χ3n) is 3.38. The van der Waals surface area contributed by atoms with Gasteiger partial charge in [-0.25, -0.2) is 0 Å². The second kappa shape index (κ2) is 6.05. The van der Waals surface area contributed by atoms with Crippen LogP contribution in [0, 0.1) is 11.8 Å². The molecule has 14 heavy (non-hydrogen) atoms. The molecule has 0 amide bonds. The second-order valence-electron chi connectivity index (χ2n) is 4.44. The maximum atomic E-state index is 4.81. The Hall–Kier alpha value is -0.530. The Morgan fingerprint density at radius 1 is 1.43 bits per heavy atom. The first-order valence-corrected chi connectivity index (χ1v) is 5.86. The zero-order valence-electron chi connectivity index (χ0n) is 9.75. The van der Waals surface area contributed by atoms with E-state index in [9.17, 15) is 0 Å². The number of hydrogen-bond acceptors (Lipinski definition) is 2. The second-order valence-corrected chi connectivity index (χ2v) is 4.44. The molecule has 0 heterocycles. The lowest BCUT2D eigenvalue weighted by Gasteiger charge is -2.27. The lowest BCUT2D eigenvalue weighted by molar-refractivity contribution is 0.207. The molecule has 0 N–H and O–H groups in total. The van der Waals surface area contributed by atoms with E-state index in [0.717, 1.165) is 24.7 Å². The molecule has 0 bridgehead atoms. The summed E-state index contributed by atoms with van der Waals surface area (Å²) in [5.41, 5.74) is 1.26. The SMILES string of the molecule is CCCC(C)C1CCC(=NOC)CC1. The third kappa shape index (κ3) is 3.32. The lowest BCUT2D eigenvalue weighted by Crippen LogP contribution is -2.20. The van der Waals surface area contributed by atoms with E-state index in [2.05, 4.69) is 19.0 Å². The molecule has 0 spiro atoms. The van der Waals surface area contributed by atoms with Gasteiger partial charge in [0.05, 0.1) is 5.71 Å². The predicted octanol–water partition coefficient (Wildman–Crippen LogP) is 3.62. The fourth-order valence-corrected chi connectivity index (χ4v) is 2.45. The van der Waals surface area contributed by atoms with Crippen LogP contribution in [0.1, 0.15) is 52.4 Å². The van der Waals surface area contributed by atoms with Gasteiger partial charge in [0.2, 0.25) is 0 Å². The van der Waals surface area contributed by atoms with Crippen LogP contribution < -0.4 is 0 Å². The zero-order valence-corrected chi connectivity index (χ0v) is 9.75. The Bertz CT molecular complexity index is 179. The van der Waals surface area contributed by atoms with Crippen LogP contribution in [0.5, 0.6) is 0 Å². The van der Waals surface area contributed by atoms with Crippen molar-refractivity contribution in [3.05, 3.63) is 0 Å². The van der Waals surface area contributed by atoms with Crippen molar-refractivity contribution in [3.8, 4) is 0 Å². The van der Waals surface area contributed by atoms with Gasteiger partial charge in [-0.1, -0.05) is 31.8 Å². The molecule has 2 heteroatoms. The maximum absolute atomic E-state index is 4.81. The van der Waals surface area contributed by atoms with E-state index in [4.69, 9.17) is 4.84 Å². The van der Waals surface area contributed by atoms with E-state index < -0.39 is 0 Å². The molecule has 1 fully saturated rings. The zero-order chi connectivity index (χ0) is 10.4. The molecule has 0 radical (unpaired) electrons. The van der Waals surface area contributed by atoms with Gasteiger partial charge in [0.25, 0.3) is 0 Å². The van der Waals surface area contributed by atoms with E-state index in [-0.39, 0.29) is 0 Å². The number of rotatable bonds is 4. The van der Waals surface area contributed by atoms with Crippen molar-refractivity contribution >= 4 is 5.71 Å². The molecule has 0 aromatic rings. The van der Waals surface area contributed by atoms with Crippen LogP contribution in [0.4, 0.5) is 0 Å². The standard InChI is InChI=1S/C12H23NO/c1-4-5-10(2)11-6-8-12(9-7-11)13-14-3/h10-11H,4-9H2,1-3H3. The van der Waals surface area contributed by atoms with Crippen molar-refractivity contribution in [2.45, 2.75) is 52.4 Å². The van der Waals surface area contributed by atoms with Gasteiger partial charge in [-0.05, 0) is 37.5 Å². The summed E-state index contributed by atoms with van der Waals surface area (Å²) in [5, 5.41) is 4.04. The van der Waals surface area contributed by atoms with Gasteiger partial charge in [0, 0.05) is 0 Å². The van der Waals surface area contributed by atoms with Crippen molar-refractivity contribution in [2.24, 2.45) is 17.0 Å². The highest BCUT2D eigenvalue weighted by atomic mass is 16.6. The van der Waals surface area contributed by atoms with Crippen LogP contribution in [0.25, 0.3) is 0 Å². The first kappa shape index (κ1) is 11.5.